The normalized spacial score (nSPS) is 16.2. The third-order valence-electron chi connectivity index (χ3n) is 5.76. The van der Waals surface area contributed by atoms with E-state index in [1.807, 2.05) is 0 Å². The van der Waals surface area contributed by atoms with Crippen LogP contribution in [0.2, 0.25) is 0 Å². The van der Waals surface area contributed by atoms with Gasteiger partial charge in [0.2, 0.25) is 0 Å². The molecule has 0 saturated heterocycles. The first-order valence-corrected chi connectivity index (χ1v) is 10.8. The first-order valence-electron chi connectivity index (χ1n) is 10.8. The molecule has 0 atom stereocenters. The molecule has 0 bridgehead atoms. The zero-order valence-electron chi connectivity index (χ0n) is 21.6. The average molecular weight is 782 g/mol. The Balaban J connectivity index is 7.37. The maximum Gasteiger partial charge on any atom is 0.460 e. The number of esters is 1. The Morgan fingerprint density at radius 1 is 0.417 bits per heavy atom. The number of hydrogen-bond donors (Lipinski definition) is 0. The lowest BCUT2D eigenvalue weighted by Gasteiger charge is -2.46. The van der Waals surface area contributed by atoms with E-state index in [0.29, 0.717) is 0 Å². The largest absolute Gasteiger partial charge is 0.463 e. The molecule has 0 rings (SSSR count). The van der Waals surface area contributed by atoms with E-state index in [1.54, 1.807) is 0 Å². The fourth-order valence-corrected chi connectivity index (χ4v) is 2.87. The summed E-state index contributed by atoms with van der Waals surface area (Å²) in [4.78, 5) is 11.1. The second-order valence-corrected chi connectivity index (χ2v) is 9.02. The van der Waals surface area contributed by atoms with Crippen LogP contribution >= 0.6 is 0 Å². The van der Waals surface area contributed by atoms with Gasteiger partial charge in [-0.1, -0.05) is 6.58 Å². The van der Waals surface area contributed by atoms with Crippen LogP contribution in [0.4, 0.5) is 119 Å². The molecule has 2 nitrogen and oxygen atoms in total. The molecule has 0 spiro atoms. The van der Waals surface area contributed by atoms with Crippen LogP contribution in [0.15, 0.2) is 12.2 Å². The van der Waals surface area contributed by atoms with Crippen molar-refractivity contribution in [3.8, 4) is 0 Å². The maximum absolute atomic E-state index is 13.9. The van der Waals surface area contributed by atoms with Gasteiger partial charge in [0.25, 0.3) is 0 Å². The molecule has 0 unspecified atom stereocenters. The summed E-state index contributed by atoms with van der Waals surface area (Å²) >= 11 is 0. The Morgan fingerprint density at radius 3 is 0.833 bits per heavy atom. The molecule has 0 aliphatic carbocycles. The smallest absolute Gasteiger partial charge is 0.460 e. The van der Waals surface area contributed by atoms with Gasteiger partial charge in [-0.2, -0.15) is 119 Å². The predicted octanol–water partition coefficient (Wildman–Crippen LogP) is 9.68. The minimum Gasteiger partial charge on any atom is -0.463 e. The van der Waals surface area contributed by atoms with Crippen LogP contribution < -0.4 is 0 Å². The monoisotopic (exact) mass is 782 g/mol. The highest BCUT2D eigenvalue weighted by atomic mass is 19.4. The number of ether oxygens (including phenoxy) is 1. The van der Waals surface area contributed by atoms with E-state index < -0.39 is 102 Å². The summed E-state index contributed by atoms with van der Waals surface area (Å²) in [6.45, 7) is 2.14. The van der Waals surface area contributed by atoms with Gasteiger partial charge in [0.05, 0.1) is 6.61 Å². The molecule has 0 aromatic carbocycles. The van der Waals surface area contributed by atoms with Crippen LogP contribution in [0, 0.1) is 0 Å². The van der Waals surface area contributed by atoms with Crippen LogP contribution in [0.5, 0.6) is 0 Å². The SMILES string of the molecule is C=C(CC(F)(F)C(F)(F)C(F)(F)C(F)(F)C(F)(F)C(F)(F)C(F)(F)C(F)(F)C(F)(F)C(F)(F)C(F)(F)C(F)(F)C(F)(F)F)C(=O)OCC. The summed E-state index contributed by atoms with van der Waals surface area (Å²) in [7, 11) is 0. The van der Waals surface area contributed by atoms with E-state index in [2.05, 4.69) is 11.3 Å². The molecule has 0 N–H and O–H groups in total. The number of carbonyl (C=O) groups excluding carboxylic acids is 1. The van der Waals surface area contributed by atoms with E-state index in [1.165, 1.54) is 0 Å². The molecule has 0 saturated carbocycles. The van der Waals surface area contributed by atoms with Gasteiger partial charge in [0.15, 0.2) is 0 Å². The highest BCUT2D eigenvalue weighted by molar-refractivity contribution is 5.87. The minimum absolute atomic E-state index is 0.828. The number of rotatable bonds is 15. The van der Waals surface area contributed by atoms with Gasteiger partial charge in [-0.3, -0.25) is 0 Å². The molecule has 29 heteroatoms. The number of hydrogen-bond acceptors (Lipinski definition) is 2. The first-order chi connectivity index (χ1) is 20.4. The summed E-state index contributed by atoms with van der Waals surface area (Å²) in [5.41, 5.74) is -2.14. The second-order valence-electron chi connectivity index (χ2n) is 9.02. The van der Waals surface area contributed by atoms with Crippen LogP contribution in [0.25, 0.3) is 0 Å². The average Bonchev–Trinajstić information content (AvgIpc) is 2.86. The molecule has 0 fully saturated rings. The lowest BCUT2D eigenvalue weighted by atomic mass is 9.83. The number of alkyl halides is 27. The van der Waals surface area contributed by atoms with Crippen LogP contribution in [-0.2, 0) is 9.53 Å². The molecule has 0 aliphatic rings. The van der Waals surface area contributed by atoms with Crippen LogP contribution in [-0.4, -0.2) is 89.8 Å². The van der Waals surface area contributed by atoms with Crippen molar-refractivity contribution in [2.45, 2.75) is 90.6 Å². The van der Waals surface area contributed by atoms with Crippen molar-refractivity contribution >= 4 is 5.97 Å². The van der Waals surface area contributed by atoms with Crippen LogP contribution in [0.1, 0.15) is 13.3 Å². The van der Waals surface area contributed by atoms with Crippen molar-refractivity contribution in [3.63, 3.8) is 0 Å². The molecule has 0 aromatic heterocycles. The lowest BCUT2D eigenvalue weighted by molar-refractivity contribution is -0.484. The summed E-state index contributed by atoms with van der Waals surface area (Å²) in [6, 6.07) is 0. The second kappa shape index (κ2) is 11.7. The molecule has 0 radical (unpaired) electrons. The van der Waals surface area contributed by atoms with Crippen molar-refractivity contribution in [3.05, 3.63) is 12.2 Å². The minimum atomic E-state index is -9.82. The van der Waals surface area contributed by atoms with Gasteiger partial charge in [0.1, 0.15) is 0 Å². The summed E-state index contributed by atoms with van der Waals surface area (Å²) in [5.74, 6) is -112. The van der Waals surface area contributed by atoms with E-state index in [4.69, 9.17) is 0 Å². The Bertz CT molecular complexity index is 1210. The van der Waals surface area contributed by atoms with Gasteiger partial charge in [-0.05, 0) is 6.92 Å². The van der Waals surface area contributed by atoms with Crippen molar-refractivity contribution in [2.75, 3.05) is 6.61 Å². The van der Waals surface area contributed by atoms with Crippen molar-refractivity contribution in [2.24, 2.45) is 0 Å². The van der Waals surface area contributed by atoms with E-state index in [0.717, 1.165) is 6.92 Å². The summed E-state index contributed by atoms with van der Waals surface area (Å²) in [5, 5.41) is 0. The lowest BCUT2D eigenvalue weighted by Crippen LogP contribution is -2.78. The molecule has 0 amide bonds. The van der Waals surface area contributed by atoms with Gasteiger partial charge in [-0.15, -0.1) is 0 Å². The summed E-state index contributed by atoms with van der Waals surface area (Å²) in [6.07, 6.45) is -11.6. The Morgan fingerprint density at radius 2 is 0.625 bits per heavy atom. The van der Waals surface area contributed by atoms with Crippen molar-refractivity contribution < 1.29 is 128 Å². The molecular formula is C19H9F27O2. The molecule has 0 aliphatic heterocycles. The number of halogens is 27. The Kier molecular flexibility index (Phi) is 11.0. The van der Waals surface area contributed by atoms with E-state index >= 15 is 0 Å². The molecular weight excluding hydrogens is 773 g/mol. The molecule has 0 heterocycles. The Labute approximate surface area is 244 Å². The van der Waals surface area contributed by atoms with Gasteiger partial charge < -0.3 is 4.74 Å². The van der Waals surface area contributed by atoms with Crippen molar-refractivity contribution in [1.82, 2.24) is 0 Å². The predicted molar refractivity (Wildman–Crippen MR) is 95.8 cm³/mol. The summed E-state index contributed by atoms with van der Waals surface area (Å²) < 4.78 is 367. The molecule has 286 valence electrons. The quantitative estimate of drug-likeness (QED) is 0.0941. The van der Waals surface area contributed by atoms with Gasteiger partial charge in [0, 0.05) is 12.0 Å². The third kappa shape index (κ3) is 5.64. The van der Waals surface area contributed by atoms with E-state index in [9.17, 15) is 123 Å². The first kappa shape index (κ1) is 45.3. The fraction of sp³-hybridized carbons (Fsp3) is 0.842. The maximum atomic E-state index is 13.9. The third-order valence-corrected chi connectivity index (χ3v) is 5.76. The zero-order valence-corrected chi connectivity index (χ0v) is 21.6. The van der Waals surface area contributed by atoms with Gasteiger partial charge >= 0.3 is 83.2 Å². The fourth-order valence-electron chi connectivity index (χ4n) is 2.87. The highest BCUT2D eigenvalue weighted by Crippen LogP contribution is 2.68. The van der Waals surface area contributed by atoms with Crippen molar-refractivity contribution in [1.29, 1.82) is 0 Å². The van der Waals surface area contributed by atoms with Crippen LogP contribution in [0.3, 0.4) is 0 Å². The highest BCUT2D eigenvalue weighted by Gasteiger charge is 3.00. The number of carbonyl (C=O) groups is 1. The van der Waals surface area contributed by atoms with Gasteiger partial charge in [-0.25, -0.2) is 4.79 Å². The molecule has 0 aromatic rings. The topological polar surface area (TPSA) is 26.3 Å². The zero-order chi connectivity index (χ0) is 39.8. The standard InChI is InChI=1S/C19H9F27O2/c1-3-48-6(47)5(2)4-7(20,21)8(22,23)9(24,25)10(26,27)11(28,29)12(30,31)13(32,33)14(34,35)15(36,37)16(38,39)17(40,41)18(42,43)19(44,45)46/h2-4H2,1H3. The molecule has 48 heavy (non-hydrogen) atoms. The Hall–Kier alpha value is -2.68. The van der Waals surface area contributed by atoms with E-state index in [-0.39, 0.29) is 0 Å².